The molecule has 2 amide bonds. The third kappa shape index (κ3) is 4.48. The topological polar surface area (TPSA) is 88.9 Å². The number of hydrogen-bond donors (Lipinski definition) is 2. The van der Waals surface area contributed by atoms with E-state index in [2.05, 4.69) is 20.6 Å². The predicted octanol–water partition coefficient (Wildman–Crippen LogP) is 3.19. The SMILES string of the molecule is CC(C)C(=O)Nc1ccc2c(c1)nc(CCNC(=O)c1ccc(Cl)nc1)n2C. The van der Waals surface area contributed by atoms with Gasteiger partial charge in [0.1, 0.15) is 11.0 Å². The Morgan fingerprint density at radius 2 is 2.00 bits per heavy atom. The molecule has 0 atom stereocenters. The number of halogens is 1. The number of aromatic nitrogens is 3. The van der Waals surface area contributed by atoms with E-state index in [0.717, 1.165) is 22.5 Å². The summed E-state index contributed by atoms with van der Waals surface area (Å²) in [7, 11) is 1.93. The van der Waals surface area contributed by atoms with Gasteiger partial charge in [-0.15, -0.1) is 0 Å². The summed E-state index contributed by atoms with van der Waals surface area (Å²) in [6.07, 6.45) is 2.02. The minimum Gasteiger partial charge on any atom is -0.352 e. The lowest BCUT2D eigenvalue weighted by atomic mass is 10.2. The molecule has 0 aliphatic rings. The number of rotatable bonds is 6. The molecule has 2 aromatic heterocycles. The van der Waals surface area contributed by atoms with Gasteiger partial charge in [-0.05, 0) is 30.3 Å². The lowest BCUT2D eigenvalue weighted by molar-refractivity contribution is -0.118. The molecule has 3 aromatic rings. The minimum atomic E-state index is -0.207. The molecule has 0 radical (unpaired) electrons. The van der Waals surface area contributed by atoms with Gasteiger partial charge in [0.15, 0.2) is 0 Å². The van der Waals surface area contributed by atoms with E-state index in [1.807, 2.05) is 43.7 Å². The number of carbonyl (C=O) groups excluding carboxylic acids is 2. The minimum absolute atomic E-state index is 0.0325. The highest BCUT2D eigenvalue weighted by atomic mass is 35.5. The molecule has 146 valence electrons. The zero-order chi connectivity index (χ0) is 20.3. The molecule has 8 heteroatoms. The smallest absolute Gasteiger partial charge is 0.252 e. The number of carbonyl (C=O) groups is 2. The maximum atomic E-state index is 12.1. The van der Waals surface area contributed by atoms with Crippen molar-refractivity contribution in [1.82, 2.24) is 19.9 Å². The van der Waals surface area contributed by atoms with Crippen molar-refractivity contribution in [3.05, 3.63) is 53.1 Å². The van der Waals surface area contributed by atoms with Crippen LogP contribution in [0.3, 0.4) is 0 Å². The van der Waals surface area contributed by atoms with Crippen LogP contribution >= 0.6 is 11.6 Å². The Balaban J connectivity index is 1.66. The summed E-state index contributed by atoms with van der Waals surface area (Å²) < 4.78 is 1.99. The van der Waals surface area contributed by atoms with Gasteiger partial charge in [0.2, 0.25) is 5.91 Å². The second kappa shape index (κ2) is 8.39. The summed E-state index contributed by atoms with van der Waals surface area (Å²) in [5, 5.41) is 6.09. The van der Waals surface area contributed by atoms with Crippen LogP contribution in [0.2, 0.25) is 5.15 Å². The van der Waals surface area contributed by atoms with Crippen molar-refractivity contribution in [2.45, 2.75) is 20.3 Å². The number of aryl methyl sites for hydroxylation is 1. The van der Waals surface area contributed by atoms with E-state index in [0.29, 0.717) is 23.7 Å². The highest BCUT2D eigenvalue weighted by molar-refractivity contribution is 6.29. The fraction of sp³-hybridized carbons (Fsp3) is 0.300. The van der Waals surface area contributed by atoms with Crippen molar-refractivity contribution in [2.24, 2.45) is 13.0 Å². The molecule has 28 heavy (non-hydrogen) atoms. The summed E-state index contributed by atoms with van der Waals surface area (Å²) in [6, 6.07) is 8.87. The molecule has 0 aliphatic carbocycles. The van der Waals surface area contributed by atoms with E-state index < -0.39 is 0 Å². The fourth-order valence-electron chi connectivity index (χ4n) is 2.74. The van der Waals surface area contributed by atoms with Crippen LogP contribution in [0.15, 0.2) is 36.5 Å². The van der Waals surface area contributed by atoms with Gasteiger partial charge in [0.25, 0.3) is 5.91 Å². The lowest BCUT2D eigenvalue weighted by Gasteiger charge is -2.07. The quantitative estimate of drug-likeness (QED) is 0.623. The van der Waals surface area contributed by atoms with Crippen LogP contribution in [-0.4, -0.2) is 32.9 Å². The van der Waals surface area contributed by atoms with E-state index in [4.69, 9.17) is 11.6 Å². The van der Waals surface area contributed by atoms with Crippen LogP contribution in [0, 0.1) is 5.92 Å². The molecule has 0 fully saturated rings. The Morgan fingerprint density at radius 3 is 2.68 bits per heavy atom. The lowest BCUT2D eigenvalue weighted by Crippen LogP contribution is -2.26. The van der Waals surface area contributed by atoms with Gasteiger partial charge in [-0.25, -0.2) is 9.97 Å². The number of anilines is 1. The molecule has 0 saturated carbocycles. The summed E-state index contributed by atoms with van der Waals surface area (Å²) in [4.78, 5) is 32.6. The second-order valence-corrected chi connectivity index (χ2v) is 7.20. The zero-order valence-corrected chi connectivity index (χ0v) is 16.7. The van der Waals surface area contributed by atoms with Crippen LogP contribution in [0.5, 0.6) is 0 Å². The van der Waals surface area contributed by atoms with Gasteiger partial charge in [0, 0.05) is 37.8 Å². The molecule has 3 rings (SSSR count). The van der Waals surface area contributed by atoms with Crippen LogP contribution in [0.25, 0.3) is 11.0 Å². The normalized spacial score (nSPS) is 11.0. The Labute approximate surface area is 168 Å². The van der Waals surface area contributed by atoms with Gasteiger partial charge in [0.05, 0.1) is 16.6 Å². The van der Waals surface area contributed by atoms with E-state index in [1.54, 1.807) is 12.1 Å². The van der Waals surface area contributed by atoms with E-state index >= 15 is 0 Å². The Morgan fingerprint density at radius 1 is 1.21 bits per heavy atom. The first kappa shape index (κ1) is 19.8. The summed E-state index contributed by atoms with van der Waals surface area (Å²) in [5.41, 5.74) is 2.94. The van der Waals surface area contributed by atoms with E-state index in [-0.39, 0.29) is 17.7 Å². The van der Waals surface area contributed by atoms with Crippen molar-refractivity contribution in [3.8, 4) is 0 Å². The van der Waals surface area contributed by atoms with Crippen LogP contribution < -0.4 is 10.6 Å². The average Bonchev–Trinajstić information content (AvgIpc) is 2.97. The second-order valence-electron chi connectivity index (χ2n) is 6.81. The molecule has 0 bridgehead atoms. The third-order valence-electron chi connectivity index (χ3n) is 4.39. The molecule has 1 aromatic carbocycles. The van der Waals surface area contributed by atoms with E-state index in [9.17, 15) is 9.59 Å². The number of amides is 2. The average molecular weight is 400 g/mol. The van der Waals surface area contributed by atoms with Crippen LogP contribution in [0.1, 0.15) is 30.0 Å². The third-order valence-corrected chi connectivity index (χ3v) is 4.61. The van der Waals surface area contributed by atoms with Crippen molar-refractivity contribution >= 4 is 40.1 Å². The summed E-state index contributed by atoms with van der Waals surface area (Å²) in [6.45, 7) is 4.14. The highest BCUT2D eigenvalue weighted by Gasteiger charge is 2.12. The first-order valence-electron chi connectivity index (χ1n) is 9.01. The number of pyridine rings is 1. The van der Waals surface area contributed by atoms with Gasteiger partial charge in [-0.1, -0.05) is 25.4 Å². The molecule has 2 N–H and O–H groups in total. The van der Waals surface area contributed by atoms with E-state index in [1.165, 1.54) is 6.20 Å². The number of benzene rings is 1. The standard InChI is InChI=1S/C20H22ClN5O2/c1-12(2)19(27)24-14-5-6-16-15(10-14)25-18(26(16)3)8-9-22-20(28)13-4-7-17(21)23-11-13/h4-7,10-12H,8-9H2,1-3H3,(H,22,28)(H,24,27). The van der Waals surface area contributed by atoms with Crippen molar-refractivity contribution < 1.29 is 9.59 Å². The number of nitrogens with one attached hydrogen (secondary N) is 2. The van der Waals surface area contributed by atoms with Crippen molar-refractivity contribution in [3.63, 3.8) is 0 Å². The number of hydrogen-bond acceptors (Lipinski definition) is 4. The maximum Gasteiger partial charge on any atom is 0.252 e. The van der Waals surface area contributed by atoms with Crippen LogP contribution in [0.4, 0.5) is 5.69 Å². The number of nitrogens with zero attached hydrogens (tertiary/aromatic N) is 3. The predicted molar refractivity (Wildman–Crippen MR) is 109 cm³/mol. The van der Waals surface area contributed by atoms with Crippen molar-refractivity contribution in [1.29, 1.82) is 0 Å². The summed E-state index contributed by atoms with van der Waals surface area (Å²) >= 11 is 5.73. The molecule has 0 unspecified atom stereocenters. The highest BCUT2D eigenvalue weighted by Crippen LogP contribution is 2.20. The first-order valence-corrected chi connectivity index (χ1v) is 9.39. The molecule has 0 aliphatic heterocycles. The van der Waals surface area contributed by atoms with Gasteiger partial charge in [-0.2, -0.15) is 0 Å². The first-order chi connectivity index (χ1) is 13.3. The molecule has 0 spiro atoms. The molecule has 0 saturated heterocycles. The molecular weight excluding hydrogens is 378 g/mol. The largest absolute Gasteiger partial charge is 0.352 e. The van der Waals surface area contributed by atoms with Gasteiger partial charge < -0.3 is 15.2 Å². The Kier molecular flexibility index (Phi) is 5.94. The number of fused-ring (bicyclic) bond motifs is 1. The van der Waals surface area contributed by atoms with Crippen molar-refractivity contribution in [2.75, 3.05) is 11.9 Å². The number of imidazole rings is 1. The zero-order valence-electron chi connectivity index (χ0n) is 16.0. The molecule has 7 nitrogen and oxygen atoms in total. The Bertz CT molecular complexity index is 1010. The fourth-order valence-corrected chi connectivity index (χ4v) is 2.85. The maximum absolute atomic E-state index is 12.1. The Hall–Kier alpha value is -2.93. The van der Waals surface area contributed by atoms with Crippen LogP contribution in [-0.2, 0) is 18.3 Å². The molecular formula is C20H22ClN5O2. The van der Waals surface area contributed by atoms with Gasteiger partial charge >= 0.3 is 0 Å². The molecule has 2 heterocycles. The monoisotopic (exact) mass is 399 g/mol. The summed E-state index contributed by atoms with van der Waals surface area (Å²) in [5.74, 6) is 0.517. The van der Waals surface area contributed by atoms with Gasteiger partial charge in [-0.3, -0.25) is 9.59 Å².